The first-order valence-corrected chi connectivity index (χ1v) is 7.44. The van der Waals surface area contributed by atoms with E-state index in [2.05, 4.69) is 17.1 Å². The molecule has 0 spiro atoms. The van der Waals surface area contributed by atoms with Crippen molar-refractivity contribution in [2.45, 2.75) is 45.1 Å². The minimum atomic E-state index is -0.938. The Balaban J connectivity index is 2.30. The highest BCUT2D eigenvalue weighted by Gasteiger charge is 2.25. The molecular weight excluding hydrogens is 274 g/mol. The van der Waals surface area contributed by atoms with Gasteiger partial charge in [0.15, 0.2) is 0 Å². The van der Waals surface area contributed by atoms with Gasteiger partial charge in [-0.3, -0.25) is 19.8 Å². The van der Waals surface area contributed by atoms with Crippen LogP contribution in [0.2, 0.25) is 0 Å². The van der Waals surface area contributed by atoms with Gasteiger partial charge in [0.05, 0.1) is 0 Å². The number of likely N-dealkylation sites (N-methyl/N-ethyl adjacent to an activating group) is 2. The number of amides is 3. The maximum absolute atomic E-state index is 11.9. The molecule has 7 nitrogen and oxygen atoms in total. The van der Waals surface area contributed by atoms with Crippen LogP contribution in [0.4, 0.5) is 4.79 Å². The van der Waals surface area contributed by atoms with Crippen LogP contribution >= 0.6 is 0 Å². The minimum absolute atomic E-state index is 0.0520. The van der Waals surface area contributed by atoms with E-state index in [0.29, 0.717) is 12.6 Å². The molecule has 1 fully saturated rings. The predicted octanol–water partition coefficient (Wildman–Crippen LogP) is 0.894. The van der Waals surface area contributed by atoms with Gasteiger partial charge in [0, 0.05) is 32.5 Å². The molecule has 1 atom stereocenters. The topological polar surface area (TPSA) is 90.0 Å². The van der Waals surface area contributed by atoms with E-state index in [1.165, 1.54) is 4.90 Å². The van der Waals surface area contributed by atoms with Crippen LogP contribution in [-0.2, 0) is 9.59 Å². The van der Waals surface area contributed by atoms with Gasteiger partial charge in [-0.1, -0.05) is 6.92 Å². The third kappa shape index (κ3) is 6.12. The summed E-state index contributed by atoms with van der Waals surface area (Å²) < 4.78 is 0. The van der Waals surface area contributed by atoms with E-state index in [4.69, 9.17) is 5.11 Å². The first-order valence-electron chi connectivity index (χ1n) is 7.44. The molecule has 0 aromatic rings. The Kier molecular flexibility index (Phi) is 7.14. The number of likely N-dealkylation sites (tertiary alicyclic amines) is 1. The summed E-state index contributed by atoms with van der Waals surface area (Å²) in [4.78, 5) is 37.6. The lowest BCUT2D eigenvalue weighted by atomic mass is 10.2. The first-order chi connectivity index (χ1) is 9.93. The number of carbonyl (C=O) groups is 3. The lowest BCUT2D eigenvalue weighted by molar-refractivity contribution is -0.137. The van der Waals surface area contributed by atoms with E-state index < -0.39 is 17.9 Å². The largest absolute Gasteiger partial charge is 0.481 e. The number of nitrogens with one attached hydrogen (secondary N) is 1. The summed E-state index contributed by atoms with van der Waals surface area (Å²) >= 11 is 0. The molecule has 7 heteroatoms. The van der Waals surface area contributed by atoms with Gasteiger partial charge in [-0.25, -0.2) is 4.79 Å². The Morgan fingerprint density at radius 3 is 2.67 bits per heavy atom. The molecule has 0 saturated carbocycles. The van der Waals surface area contributed by atoms with E-state index >= 15 is 0 Å². The summed E-state index contributed by atoms with van der Waals surface area (Å²) in [7, 11) is 1.67. The zero-order chi connectivity index (χ0) is 15.8. The standard InChI is InChI=1S/C14H25N3O4/c1-3-17-9-5-6-11(17)10-16(2)14(21)15-12(18)7-4-8-13(19)20/h11H,3-10H2,1-2H3,(H,19,20)(H,15,18,21). The number of hydrogen-bond donors (Lipinski definition) is 2. The van der Waals surface area contributed by atoms with Crippen LogP contribution in [0.25, 0.3) is 0 Å². The number of carboxylic acid groups (broad SMARTS) is 1. The van der Waals surface area contributed by atoms with E-state index in [0.717, 1.165) is 25.9 Å². The van der Waals surface area contributed by atoms with Crippen molar-refractivity contribution in [2.24, 2.45) is 0 Å². The van der Waals surface area contributed by atoms with Crippen molar-refractivity contribution in [2.75, 3.05) is 26.7 Å². The second kappa shape index (κ2) is 8.61. The summed E-state index contributed by atoms with van der Waals surface area (Å²) in [5, 5.41) is 10.8. The molecule has 1 aliphatic rings. The van der Waals surface area contributed by atoms with Gasteiger partial charge in [0.25, 0.3) is 0 Å². The third-order valence-electron chi connectivity index (χ3n) is 3.78. The number of urea groups is 1. The highest BCUT2D eigenvalue weighted by atomic mass is 16.4. The molecule has 120 valence electrons. The molecule has 1 heterocycles. The Morgan fingerprint density at radius 2 is 2.05 bits per heavy atom. The van der Waals surface area contributed by atoms with Gasteiger partial charge in [0.2, 0.25) is 5.91 Å². The average Bonchev–Trinajstić information content (AvgIpc) is 2.85. The lowest BCUT2D eigenvalue weighted by Gasteiger charge is -2.27. The number of carboxylic acids is 1. The smallest absolute Gasteiger partial charge is 0.323 e. The Morgan fingerprint density at radius 1 is 1.33 bits per heavy atom. The van der Waals surface area contributed by atoms with Gasteiger partial charge in [0.1, 0.15) is 0 Å². The summed E-state index contributed by atoms with van der Waals surface area (Å²) in [5.74, 6) is -1.36. The van der Waals surface area contributed by atoms with Crippen molar-refractivity contribution >= 4 is 17.9 Å². The highest BCUT2D eigenvalue weighted by molar-refractivity contribution is 5.94. The Hall–Kier alpha value is -1.63. The molecule has 2 N–H and O–H groups in total. The van der Waals surface area contributed by atoms with Crippen molar-refractivity contribution in [3.05, 3.63) is 0 Å². The van der Waals surface area contributed by atoms with Crippen LogP contribution in [0.1, 0.15) is 39.0 Å². The molecule has 0 aromatic heterocycles. The molecule has 1 aliphatic heterocycles. The van der Waals surface area contributed by atoms with Crippen molar-refractivity contribution in [3.63, 3.8) is 0 Å². The van der Waals surface area contributed by atoms with E-state index in [1.54, 1.807) is 7.05 Å². The normalized spacial score (nSPS) is 18.5. The molecule has 1 unspecified atom stereocenters. The number of carbonyl (C=O) groups excluding carboxylic acids is 2. The second-order valence-corrected chi connectivity index (χ2v) is 5.41. The van der Waals surface area contributed by atoms with Crippen LogP contribution < -0.4 is 5.32 Å². The lowest BCUT2D eigenvalue weighted by Crippen LogP contribution is -2.46. The van der Waals surface area contributed by atoms with Crippen molar-refractivity contribution in [1.29, 1.82) is 0 Å². The van der Waals surface area contributed by atoms with Crippen molar-refractivity contribution < 1.29 is 19.5 Å². The maximum Gasteiger partial charge on any atom is 0.323 e. The molecule has 21 heavy (non-hydrogen) atoms. The third-order valence-corrected chi connectivity index (χ3v) is 3.78. The van der Waals surface area contributed by atoms with Crippen molar-refractivity contribution in [3.8, 4) is 0 Å². The number of rotatable bonds is 7. The fourth-order valence-corrected chi connectivity index (χ4v) is 2.59. The van der Waals surface area contributed by atoms with Gasteiger partial charge in [-0.15, -0.1) is 0 Å². The quantitative estimate of drug-likeness (QED) is 0.729. The minimum Gasteiger partial charge on any atom is -0.481 e. The zero-order valence-corrected chi connectivity index (χ0v) is 12.8. The fraction of sp³-hybridized carbons (Fsp3) is 0.786. The zero-order valence-electron chi connectivity index (χ0n) is 12.8. The van der Waals surface area contributed by atoms with Crippen LogP contribution in [0.3, 0.4) is 0 Å². The van der Waals surface area contributed by atoms with Crippen LogP contribution in [0.15, 0.2) is 0 Å². The van der Waals surface area contributed by atoms with Crippen LogP contribution in [0.5, 0.6) is 0 Å². The van der Waals surface area contributed by atoms with Gasteiger partial charge < -0.3 is 10.0 Å². The molecule has 0 aromatic carbocycles. The molecule has 0 aliphatic carbocycles. The summed E-state index contributed by atoms with van der Waals surface area (Å²) in [6.45, 7) is 4.73. The molecule has 0 radical (unpaired) electrons. The van der Waals surface area contributed by atoms with Crippen LogP contribution in [-0.4, -0.2) is 65.5 Å². The highest BCUT2D eigenvalue weighted by Crippen LogP contribution is 2.17. The van der Waals surface area contributed by atoms with Gasteiger partial charge in [-0.2, -0.15) is 0 Å². The number of hydrogen-bond acceptors (Lipinski definition) is 4. The SMILES string of the molecule is CCN1CCCC1CN(C)C(=O)NC(=O)CCCC(=O)O. The Labute approximate surface area is 125 Å². The molecule has 0 bridgehead atoms. The van der Waals surface area contributed by atoms with Gasteiger partial charge in [-0.05, 0) is 32.4 Å². The maximum atomic E-state index is 11.9. The Bertz CT molecular complexity index is 386. The second-order valence-electron chi connectivity index (χ2n) is 5.41. The van der Waals surface area contributed by atoms with Crippen LogP contribution in [0, 0.1) is 0 Å². The van der Waals surface area contributed by atoms with Crippen molar-refractivity contribution in [1.82, 2.24) is 15.1 Å². The van der Waals surface area contributed by atoms with Gasteiger partial charge >= 0.3 is 12.0 Å². The molecule has 1 saturated heterocycles. The van der Waals surface area contributed by atoms with E-state index in [1.807, 2.05) is 0 Å². The van der Waals surface area contributed by atoms with E-state index in [-0.39, 0.29) is 19.3 Å². The molecular formula is C14H25N3O4. The number of aliphatic carboxylic acids is 1. The van der Waals surface area contributed by atoms with E-state index in [9.17, 15) is 14.4 Å². The summed E-state index contributed by atoms with van der Waals surface area (Å²) in [6, 6.07) is -0.0638. The summed E-state index contributed by atoms with van der Waals surface area (Å²) in [6.07, 6.45) is 2.44. The number of imide groups is 1. The summed E-state index contributed by atoms with van der Waals surface area (Å²) in [5.41, 5.74) is 0. The number of nitrogens with zero attached hydrogens (tertiary/aromatic N) is 2. The first kappa shape index (κ1) is 17.4. The monoisotopic (exact) mass is 299 g/mol. The average molecular weight is 299 g/mol. The predicted molar refractivity (Wildman–Crippen MR) is 77.9 cm³/mol. The fourth-order valence-electron chi connectivity index (χ4n) is 2.59. The molecule has 3 amide bonds. The molecule has 1 rings (SSSR count).